The van der Waals surface area contributed by atoms with Crippen molar-refractivity contribution in [3.8, 4) is 0 Å². The Kier molecular flexibility index (Phi) is 4.06. The molecule has 3 rings (SSSR count). The molecule has 2 aromatic rings. The van der Waals surface area contributed by atoms with Gasteiger partial charge in [-0.2, -0.15) is 0 Å². The van der Waals surface area contributed by atoms with E-state index in [-0.39, 0.29) is 11.5 Å². The summed E-state index contributed by atoms with van der Waals surface area (Å²) in [6, 6.07) is 9.61. The zero-order chi connectivity index (χ0) is 16.6. The Balaban J connectivity index is 1.89. The molecular formula is C16H11NO4S2. The predicted molar refractivity (Wildman–Crippen MR) is 92.5 cm³/mol. The number of carbonyl (C=O) groups excluding carboxylic acids is 1. The molecule has 0 radical (unpaired) electrons. The van der Waals surface area contributed by atoms with E-state index in [1.165, 1.54) is 28.8 Å². The van der Waals surface area contributed by atoms with Gasteiger partial charge in [-0.3, -0.25) is 9.69 Å². The Labute approximate surface area is 141 Å². The number of thioether (sulfide) groups is 1. The highest BCUT2D eigenvalue weighted by Gasteiger charge is 2.33. The van der Waals surface area contributed by atoms with E-state index >= 15 is 0 Å². The van der Waals surface area contributed by atoms with Gasteiger partial charge in [0.15, 0.2) is 4.32 Å². The zero-order valence-electron chi connectivity index (χ0n) is 12.0. The summed E-state index contributed by atoms with van der Waals surface area (Å²) in [6.07, 6.45) is 1.65. The summed E-state index contributed by atoms with van der Waals surface area (Å²) < 4.78 is 5.84. The molecule has 1 aromatic carbocycles. The smallest absolute Gasteiger partial charge is 0.335 e. The van der Waals surface area contributed by atoms with Crippen LogP contribution in [-0.4, -0.2) is 21.3 Å². The van der Waals surface area contributed by atoms with Crippen molar-refractivity contribution < 1.29 is 19.1 Å². The van der Waals surface area contributed by atoms with Gasteiger partial charge in [0.05, 0.1) is 16.2 Å². The van der Waals surface area contributed by atoms with Gasteiger partial charge in [0.2, 0.25) is 0 Å². The summed E-state index contributed by atoms with van der Waals surface area (Å²) in [5.74, 6) is 0.0763. The van der Waals surface area contributed by atoms with Crippen molar-refractivity contribution in [2.75, 3.05) is 4.90 Å². The SMILES string of the molecule is Cc1ccc(/C=C2\SC(=S)N(c3ccc(C(=O)O)cc3)C2=O)o1. The van der Waals surface area contributed by atoms with Gasteiger partial charge < -0.3 is 9.52 Å². The molecule has 1 amide bonds. The van der Waals surface area contributed by atoms with Gasteiger partial charge in [0, 0.05) is 6.08 Å². The number of carboxylic acids is 1. The normalized spacial score (nSPS) is 16.4. The van der Waals surface area contributed by atoms with E-state index in [9.17, 15) is 9.59 Å². The number of hydrogen-bond donors (Lipinski definition) is 1. The van der Waals surface area contributed by atoms with Crippen LogP contribution in [0.3, 0.4) is 0 Å². The third kappa shape index (κ3) is 3.06. The van der Waals surface area contributed by atoms with Gasteiger partial charge in [-0.1, -0.05) is 24.0 Å². The number of carbonyl (C=O) groups is 2. The fourth-order valence-corrected chi connectivity index (χ4v) is 3.38. The summed E-state index contributed by atoms with van der Waals surface area (Å²) >= 11 is 6.45. The second kappa shape index (κ2) is 6.02. The van der Waals surface area contributed by atoms with E-state index in [1.807, 2.05) is 13.0 Å². The summed E-state index contributed by atoms with van der Waals surface area (Å²) in [6.45, 7) is 1.83. The Morgan fingerprint density at radius 2 is 1.96 bits per heavy atom. The highest BCUT2D eigenvalue weighted by atomic mass is 32.2. The van der Waals surface area contributed by atoms with E-state index in [1.54, 1.807) is 24.3 Å². The maximum absolute atomic E-state index is 12.5. The molecule has 1 aliphatic rings. The Morgan fingerprint density at radius 3 is 2.52 bits per heavy atom. The number of carboxylic acid groups (broad SMARTS) is 1. The summed E-state index contributed by atoms with van der Waals surface area (Å²) in [5.41, 5.74) is 0.692. The van der Waals surface area contributed by atoms with Crippen molar-refractivity contribution in [2.45, 2.75) is 6.92 Å². The van der Waals surface area contributed by atoms with Gasteiger partial charge in [0.1, 0.15) is 11.5 Å². The molecule has 116 valence electrons. The maximum Gasteiger partial charge on any atom is 0.335 e. The van der Waals surface area contributed by atoms with E-state index < -0.39 is 5.97 Å². The minimum absolute atomic E-state index is 0.154. The van der Waals surface area contributed by atoms with Crippen LogP contribution in [0.2, 0.25) is 0 Å². The number of aryl methyl sites for hydroxylation is 1. The Bertz CT molecular complexity index is 836. The predicted octanol–water partition coefficient (Wildman–Crippen LogP) is 3.69. The highest BCUT2D eigenvalue weighted by Crippen LogP contribution is 2.36. The number of anilines is 1. The number of nitrogens with zero attached hydrogens (tertiary/aromatic N) is 1. The molecule has 0 aliphatic carbocycles. The molecule has 2 heterocycles. The molecule has 1 aliphatic heterocycles. The third-order valence-electron chi connectivity index (χ3n) is 3.20. The summed E-state index contributed by atoms with van der Waals surface area (Å²) in [7, 11) is 0. The molecule has 1 aromatic heterocycles. The number of aromatic carboxylic acids is 1. The minimum atomic E-state index is -1.02. The van der Waals surface area contributed by atoms with Crippen LogP contribution in [0.4, 0.5) is 5.69 Å². The van der Waals surface area contributed by atoms with Crippen molar-refractivity contribution in [2.24, 2.45) is 0 Å². The standard InChI is InChI=1S/C16H11NO4S2/c1-9-2-7-12(21-9)8-13-14(18)17(16(22)23-13)11-5-3-10(4-6-11)15(19)20/h2-8H,1H3,(H,19,20)/b13-8-. The monoisotopic (exact) mass is 345 g/mol. The van der Waals surface area contributed by atoms with Gasteiger partial charge >= 0.3 is 5.97 Å². The molecule has 0 bridgehead atoms. The summed E-state index contributed by atoms with van der Waals surface area (Å²) in [4.78, 5) is 25.3. The lowest BCUT2D eigenvalue weighted by molar-refractivity contribution is -0.113. The van der Waals surface area contributed by atoms with Gasteiger partial charge in [-0.05, 0) is 43.3 Å². The minimum Gasteiger partial charge on any atom is -0.478 e. The number of thiocarbonyl (C=S) groups is 1. The van der Waals surface area contributed by atoms with Crippen LogP contribution in [0.5, 0.6) is 0 Å². The van der Waals surface area contributed by atoms with Crippen LogP contribution in [0.15, 0.2) is 45.7 Å². The van der Waals surface area contributed by atoms with Crippen LogP contribution >= 0.6 is 24.0 Å². The molecular weight excluding hydrogens is 334 g/mol. The number of benzene rings is 1. The van der Waals surface area contributed by atoms with Crippen molar-refractivity contribution in [1.29, 1.82) is 0 Å². The quantitative estimate of drug-likeness (QED) is 0.676. The van der Waals surface area contributed by atoms with E-state index in [4.69, 9.17) is 21.7 Å². The lowest BCUT2D eigenvalue weighted by Gasteiger charge is -2.14. The summed E-state index contributed by atoms with van der Waals surface area (Å²) in [5, 5.41) is 8.92. The first kappa shape index (κ1) is 15.5. The van der Waals surface area contributed by atoms with Gasteiger partial charge in [-0.25, -0.2) is 4.79 Å². The first-order valence-corrected chi connectivity index (χ1v) is 7.86. The van der Waals surface area contributed by atoms with Crippen LogP contribution < -0.4 is 4.90 Å². The average Bonchev–Trinajstić information content (AvgIpc) is 3.03. The van der Waals surface area contributed by atoms with Crippen molar-refractivity contribution in [3.05, 3.63) is 58.4 Å². The van der Waals surface area contributed by atoms with Crippen molar-refractivity contribution in [1.82, 2.24) is 0 Å². The van der Waals surface area contributed by atoms with Crippen molar-refractivity contribution in [3.63, 3.8) is 0 Å². The molecule has 1 N–H and O–H groups in total. The van der Waals surface area contributed by atoms with Crippen LogP contribution in [-0.2, 0) is 4.79 Å². The number of rotatable bonds is 3. The maximum atomic E-state index is 12.5. The largest absolute Gasteiger partial charge is 0.478 e. The van der Waals surface area contributed by atoms with Crippen molar-refractivity contribution >= 4 is 51.9 Å². The molecule has 0 atom stereocenters. The molecule has 0 saturated carbocycles. The first-order valence-electron chi connectivity index (χ1n) is 6.63. The molecule has 1 saturated heterocycles. The van der Waals surface area contributed by atoms with E-state index in [0.717, 1.165) is 5.76 Å². The lowest BCUT2D eigenvalue weighted by atomic mass is 10.2. The van der Waals surface area contributed by atoms with Gasteiger partial charge in [-0.15, -0.1) is 0 Å². The second-order valence-corrected chi connectivity index (χ2v) is 6.49. The highest BCUT2D eigenvalue weighted by molar-refractivity contribution is 8.27. The topological polar surface area (TPSA) is 70.8 Å². The number of furan rings is 1. The van der Waals surface area contributed by atoms with E-state index in [0.29, 0.717) is 20.7 Å². The molecule has 7 heteroatoms. The fraction of sp³-hybridized carbons (Fsp3) is 0.0625. The molecule has 1 fully saturated rings. The molecule has 0 spiro atoms. The van der Waals surface area contributed by atoms with Gasteiger partial charge in [0.25, 0.3) is 5.91 Å². The van der Waals surface area contributed by atoms with Crippen LogP contribution in [0.1, 0.15) is 21.9 Å². The zero-order valence-corrected chi connectivity index (χ0v) is 13.6. The number of hydrogen-bond acceptors (Lipinski definition) is 5. The van der Waals surface area contributed by atoms with Crippen LogP contribution in [0.25, 0.3) is 6.08 Å². The first-order chi connectivity index (χ1) is 11.0. The molecule has 0 unspecified atom stereocenters. The van der Waals surface area contributed by atoms with E-state index in [2.05, 4.69) is 0 Å². The Hall–Kier alpha value is -2.38. The fourth-order valence-electron chi connectivity index (χ4n) is 2.10. The third-order valence-corrected chi connectivity index (χ3v) is 4.50. The number of amides is 1. The lowest BCUT2D eigenvalue weighted by Crippen LogP contribution is -2.27. The average molecular weight is 345 g/mol. The van der Waals surface area contributed by atoms with Crippen LogP contribution in [0, 0.1) is 6.92 Å². The molecule has 5 nitrogen and oxygen atoms in total. The molecule has 23 heavy (non-hydrogen) atoms. The Morgan fingerprint density at radius 1 is 1.26 bits per heavy atom. The second-order valence-electron chi connectivity index (χ2n) is 4.82.